The minimum Gasteiger partial charge on any atom is -0.380 e. The number of carbonyl (C=O) groups excluding carboxylic acids is 1. The highest BCUT2D eigenvalue weighted by Gasteiger charge is 2.27. The number of aromatic nitrogens is 6. The number of aromatic amines is 1. The van der Waals surface area contributed by atoms with Crippen molar-refractivity contribution in [1.82, 2.24) is 35.1 Å². The number of nitrogens with zero attached hydrogens (tertiary/aromatic N) is 5. The largest absolute Gasteiger partial charge is 0.380 e. The molecular formula is C24H27FN8O. The van der Waals surface area contributed by atoms with E-state index >= 15 is 0 Å². The second-order valence-corrected chi connectivity index (χ2v) is 9.04. The molecule has 4 heterocycles. The van der Waals surface area contributed by atoms with Gasteiger partial charge in [-0.05, 0) is 57.7 Å². The van der Waals surface area contributed by atoms with Crippen molar-refractivity contribution in [1.29, 1.82) is 0 Å². The maximum atomic E-state index is 13.3. The molecule has 10 heteroatoms. The summed E-state index contributed by atoms with van der Waals surface area (Å²) in [6.45, 7) is 4.05. The first kappa shape index (κ1) is 22.0. The van der Waals surface area contributed by atoms with E-state index in [1.54, 1.807) is 23.1 Å². The Morgan fingerprint density at radius 2 is 1.97 bits per heavy atom. The number of fused-ring (bicyclic) bond motifs is 1. The summed E-state index contributed by atoms with van der Waals surface area (Å²) in [5, 5.41) is 18.1. The van der Waals surface area contributed by atoms with Crippen LogP contribution in [0.4, 0.5) is 10.1 Å². The average molecular weight is 463 g/mol. The number of carbonyl (C=O) groups is 1. The summed E-state index contributed by atoms with van der Waals surface area (Å²) in [7, 11) is 0. The number of hydrogen-bond donors (Lipinski definition) is 3. The molecule has 1 aliphatic carbocycles. The average Bonchev–Trinajstić information content (AvgIpc) is 3.50. The molecule has 0 aromatic carbocycles. The fourth-order valence-corrected chi connectivity index (χ4v) is 4.55. The molecule has 0 bridgehead atoms. The Labute approximate surface area is 196 Å². The van der Waals surface area contributed by atoms with Crippen LogP contribution in [0.1, 0.15) is 61.6 Å². The van der Waals surface area contributed by atoms with Crippen molar-refractivity contribution in [3.8, 4) is 11.1 Å². The predicted molar refractivity (Wildman–Crippen MR) is 126 cm³/mol. The van der Waals surface area contributed by atoms with Gasteiger partial charge in [0.05, 0.1) is 23.0 Å². The first-order valence-electron chi connectivity index (χ1n) is 11.5. The SMILES string of the molecule is CC(C)Nc1c(C(=O)NC2CCC(c3nc[nH]n3)CC2)cnn2cc(-c3ccc(F)nc3)cc12. The second-order valence-electron chi connectivity index (χ2n) is 9.04. The fraction of sp³-hybridized carbons (Fsp3) is 0.375. The number of anilines is 1. The molecule has 1 amide bonds. The second kappa shape index (κ2) is 9.20. The van der Waals surface area contributed by atoms with Crippen LogP contribution in [0.2, 0.25) is 0 Å². The Morgan fingerprint density at radius 3 is 2.65 bits per heavy atom. The summed E-state index contributed by atoms with van der Waals surface area (Å²) in [4.78, 5) is 21.3. The minimum atomic E-state index is -0.526. The number of hydrogen-bond acceptors (Lipinski definition) is 6. The van der Waals surface area contributed by atoms with Crippen molar-refractivity contribution < 1.29 is 9.18 Å². The third-order valence-corrected chi connectivity index (χ3v) is 6.24. The molecule has 9 nitrogen and oxygen atoms in total. The van der Waals surface area contributed by atoms with Crippen LogP contribution in [0.15, 0.2) is 43.1 Å². The zero-order chi connectivity index (χ0) is 23.7. The zero-order valence-electron chi connectivity index (χ0n) is 19.1. The molecule has 0 atom stereocenters. The van der Waals surface area contributed by atoms with E-state index in [0.29, 0.717) is 11.5 Å². The van der Waals surface area contributed by atoms with E-state index in [1.165, 1.54) is 12.3 Å². The molecule has 0 spiro atoms. The predicted octanol–water partition coefficient (Wildman–Crippen LogP) is 3.93. The summed E-state index contributed by atoms with van der Waals surface area (Å²) in [6, 6.07) is 5.15. The highest BCUT2D eigenvalue weighted by Crippen LogP contribution is 2.32. The van der Waals surface area contributed by atoms with Gasteiger partial charge in [0.25, 0.3) is 5.91 Å². The Bertz CT molecular complexity index is 1270. The standard InChI is InChI=1S/C24H27FN8O/c1-14(2)30-22-19(24(34)31-18-6-3-15(4-7-18)23-27-13-28-32-23)11-29-33-12-17(9-20(22)33)16-5-8-21(25)26-10-16/h5,8-15,18,30H,3-4,6-7H2,1-2H3,(H,31,34)(H,27,28,32). The highest BCUT2D eigenvalue weighted by atomic mass is 19.1. The molecule has 5 rings (SSSR count). The molecule has 1 saturated carbocycles. The molecule has 1 aliphatic rings. The Hall–Kier alpha value is -3.82. The van der Waals surface area contributed by atoms with Gasteiger partial charge in [-0.3, -0.25) is 9.89 Å². The molecular weight excluding hydrogens is 435 g/mol. The summed E-state index contributed by atoms with van der Waals surface area (Å²) >= 11 is 0. The van der Waals surface area contributed by atoms with Gasteiger partial charge in [0.1, 0.15) is 6.33 Å². The highest BCUT2D eigenvalue weighted by molar-refractivity contribution is 6.03. The van der Waals surface area contributed by atoms with Crippen molar-refractivity contribution in [3.63, 3.8) is 0 Å². The minimum absolute atomic E-state index is 0.0958. The van der Waals surface area contributed by atoms with E-state index in [0.717, 1.165) is 53.8 Å². The first-order valence-corrected chi connectivity index (χ1v) is 11.5. The van der Waals surface area contributed by atoms with Gasteiger partial charge in [-0.15, -0.1) is 0 Å². The molecule has 4 aromatic heterocycles. The number of H-pyrrole nitrogens is 1. The molecule has 0 saturated heterocycles. The number of rotatable bonds is 6. The molecule has 3 N–H and O–H groups in total. The monoisotopic (exact) mass is 462 g/mol. The van der Waals surface area contributed by atoms with Crippen molar-refractivity contribution in [3.05, 3.63) is 60.5 Å². The topological polar surface area (TPSA) is 113 Å². The number of nitrogens with one attached hydrogen (secondary N) is 3. The fourth-order valence-electron chi connectivity index (χ4n) is 4.55. The first-order chi connectivity index (χ1) is 16.5. The summed E-state index contributed by atoms with van der Waals surface area (Å²) in [6.07, 6.45) is 10.2. The van der Waals surface area contributed by atoms with Gasteiger partial charge in [-0.2, -0.15) is 14.6 Å². The third-order valence-electron chi connectivity index (χ3n) is 6.24. The van der Waals surface area contributed by atoms with Crippen molar-refractivity contribution in [2.75, 3.05) is 5.32 Å². The molecule has 0 radical (unpaired) electrons. The number of halogens is 1. The van der Waals surface area contributed by atoms with Crippen molar-refractivity contribution in [2.45, 2.75) is 57.5 Å². The normalized spacial score (nSPS) is 18.4. The van der Waals surface area contributed by atoms with E-state index in [2.05, 4.69) is 35.9 Å². The van der Waals surface area contributed by atoms with E-state index in [4.69, 9.17) is 0 Å². The van der Waals surface area contributed by atoms with Gasteiger partial charge in [0.15, 0.2) is 5.82 Å². The molecule has 0 aliphatic heterocycles. The van der Waals surface area contributed by atoms with E-state index < -0.39 is 5.95 Å². The van der Waals surface area contributed by atoms with Gasteiger partial charge in [-0.25, -0.2) is 14.5 Å². The maximum Gasteiger partial charge on any atom is 0.255 e. The maximum absolute atomic E-state index is 13.3. The van der Waals surface area contributed by atoms with Gasteiger partial charge in [-0.1, -0.05) is 0 Å². The third kappa shape index (κ3) is 4.48. The lowest BCUT2D eigenvalue weighted by molar-refractivity contribution is 0.0926. The van der Waals surface area contributed by atoms with Gasteiger partial charge in [0.2, 0.25) is 5.95 Å². The van der Waals surface area contributed by atoms with Crippen LogP contribution in [0.25, 0.3) is 16.6 Å². The number of amides is 1. The van der Waals surface area contributed by atoms with E-state index in [-0.39, 0.29) is 18.0 Å². The van der Waals surface area contributed by atoms with Crippen molar-refractivity contribution >= 4 is 17.1 Å². The summed E-state index contributed by atoms with van der Waals surface area (Å²) in [5.41, 5.74) is 3.61. The summed E-state index contributed by atoms with van der Waals surface area (Å²) < 4.78 is 15.0. The molecule has 4 aromatic rings. The molecule has 1 fully saturated rings. The van der Waals surface area contributed by atoms with Crippen LogP contribution >= 0.6 is 0 Å². The Balaban J connectivity index is 1.38. The molecule has 34 heavy (non-hydrogen) atoms. The van der Waals surface area contributed by atoms with Gasteiger partial charge in [0, 0.05) is 41.5 Å². The van der Waals surface area contributed by atoms with Gasteiger partial charge < -0.3 is 10.6 Å². The Morgan fingerprint density at radius 1 is 1.15 bits per heavy atom. The smallest absolute Gasteiger partial charge is 0.255 e. The van der Waals surface area contributed by atoms with Crippen LogP contribution in [0.3, 0.4) is 0 Å². The van der Waals surface area contributed by atoms with Gasteiger partial charge >= 0.3 is 0 Å². The van der Waals surface area contributed by atoms with Crippen molar-refractivity contribution in [2.24, 2.45) is 0 Å². The number of pyridine rings is 1. The molecule has 176 valence electrons. The van der Waals surface area contributed by atoms with Crippen LogP contribution < -0.4 is 10.6 Å². The van der Waals surface area contributed by atoms with Crippen LogP contribution in [0, 0.1) is 5.95 Å². The van der Waals surface area contributed by atoms with E-state index in [9.17, 15) is 9.18 Å². The Kier molecular flexibility index (Phi) is 5.95. The lowest BCUT2D eigenvalue weighted by atomic mass is 9.85. The lowest BCUT2D eigenvalue weighted by Crippen LogP contribution is -2.38. The zero-order valence-corrected chi connectivity index (χ0v) is 19.1. The summed E-state index contributed by atoms with van der Waals surface area (Å²) in [5.74, 6) is 0.506. The quantitative estimate of drug-likeness (QED) is 0.374. The molecule has 0 unspecified atom stereocenters. The van der Waals surface area contributed by atoms with Crippen LogP contribution in [-0.2, 0) is 0 Å². The lowest BCUT2D eigenvalue weighted by Gasteiger charge is -2.28. The van der Waals surface area contributed by atoms with Crippen LogP contribution in [0.5, 0.6) is 0 Å². The van der Waals surface area contributed by atoms with E-state index in [1.807, 2.05) is 26.1 Å². The van der Waals surface area contributed by atoms with Crippen LogP contribution in [-0.4, -0.2) is 47.8 Å².